The highest BCUT2D eigenvalue weighted by Crippen LogP contribution is 2.29. The summed E-state index contributed by atoms with van der Waals surface area (Å²) in [6.07, 6.45) is -1.86. The Morgan fingerprint density at radius 2 is 1.73 bits per heavy atom. The SMILES string of the molecule is O=C(O)/C=C/C(=O)O.[2H]C([2H])(N)C([2H])([2H])O/N=C(\CCCCOC)c1ccc(C(F)(F)F)cc1. The largest absolute Gasteiger partial charge is 0.478 e. The van der Waals surface area contributed by atoms with Gasteiger partial charge in [0.05, 0.1) is 14.0 Å². The maximum atomic E-state index is 12.7. The molecule has 0 radical (unpaired) electrons. The van der Waals surface area contributed by atoms with Crippen LogP contribution in [0.25, 0.3) is 0 Å². The van der Waals surface area contributed by atoms with Crippen molar-refractivity contribution in [3.8, 4) is 0 Å². The number of carboxylic acids is 2. The number of alkyl halides is 3. The predicted octanol–water partition coefficient (Wildman–Crippen LogP) is 2.91. The molecule has 1 rings (SSSR count). The Hall–Kier alpha value is -2.92. The molecule has 4 N–H and O–H groups in total. The summed E-state index contributed by atoms with van der Waals surface area (Å²) in [5, 5.41) is 19.2. The molecule has 30 heavy (non-hydrogen) atoms. The molecule has 1 aromatic rings. The van der Waals surface area contributed by atoms with E-state index in [2.05, 4.69) is 9.99 Å². The molecular formula is C19H25F3N2O6. The van der Waals surface area contributed by atoms with Gasteiger partial charge in [0.15, 0.2) is 0 Å². The van der Waals surface area contributed by atoms with Crippen LogP contribution in [0.4, 0.5) is 13.2 Å². The summed E-state index contributed by atoms with van der Waals surface area (Å²) in [6, 6.07) is 4.18. The Morgan fingerprint density at radius 3 is 2.17 bits per heavy atom. The van der Waals surface area contributed by atoms with Crippen molar-refractivity contribution in [1.29, 1.82) is 0 Å². The summed E-state index contributed by atoms with van der Waals surface area (Å²) in [5.74, 6) is -2.51. The summed E-state index contributed by atoms with van der Waals surface area (Å²) in [5.41, 5.74) is 4.74. The monoisotopic (exact) mass is 438 g/mol. The molecule has 0 heterocycles. The van der Waals surface area contributed by atoms with Gasteiger partial charge in [-0.2, -0.15) is 13.2 Å². The van der Waals surface area contributed by atoms with Crippen LogP contribution in [0, 0.1) is 0 Å². The summed E-state index contributed by atoms with van der Waals surface area (Å²) < 4.78 is 72.3. The smallest absolute Gasteiger partial charge is 0.416 e. The van der Waals surface area contributed by atoms with E-state index in [1.165, 1.54) is 19.2 Å². The third-order valence-electron chi connectivity index (χ3n) is 3.19. The van der Waals surface area contributed by atoms with E-state index in [-0.39, 0.29) is 12.1 Å². The van der Waals surface area contributed by atoms with E-state index in [1.54, 1.807) is 0 Å². The number of hydrogen-bond donors (Lipinski definition) is 3. The number of carboxylic acid groups (broad SMARTS) is 2. The van der Waals surface area contributed by atoms with Gasteiger partial charge in [-0.05, 0) is 37.0 Å². The minimum absolute atomic E-state index is 0.183. The topological polar surface area (TPSA) is 131 Å². The van der Waals surface area contributed by atoms with Gasteiger partial charge in [0.2, 0.25) is 0 Å². The minimum Gasteiger partial charge on any atom is -0.478 e. The van der Waals surface area contributed by atoms with E-state index >= 15 is 0 Å². The van der Waals surface area contributed by atoms with Crippen LogP contribution in [0.5, 0.6) is 0 Å². The van der Waals surface area contributed by atoms with E-state index in [4.69, 9.17) is 26.2 Å². The van der Waals surface area contributed by atoms with Crippen LogP contribution in [0.3, 0.4) is 0 Å². The molecule has 0 amide bonds. The van der Waals surface area contributed by atoms with Crippen LogP contribution in [0.15, 0.2) is 41.6 Å². The first kappa shape index (κ1) is 20.4. The van der Waals surface area contributed by atoms with E-state index in [0.717, 1.165) is 12.1 Å². The van der Waals surface area contributed by atoms with Gasteiger partial charge < -0.3 is 25.5 Å². The molecule has 0 aliphatic carbocycles. The van der Waals surface area contributed by atoms with Crippen LogP contribution >= 0.6 is 0 Å². The number of oxime groups is 1. The molecule has 168 valence electrons. The van der Waals surface area contributed by atoms with Gasteiger partial charge in [-0.25, -0.2) is 9.59 Å². The number of nitrogens with two attached hydrogens (primary N) is 1. The lowest BCUT2D eigenvalue weighted by atomic mass is 10.0. The molecule has 8 nitrogen and oxygen atoms in total. The van der Waals surface area contributed by atoms with Gasteiger partial charge in [0.1, 0.15) is 6.56 Å². The second kappa shape index (κ2) is 15.0. The lowest BCUT2D eigenvalue weighted by molar-refractivity contribution is -0.137. The number of rotatable bonds is 11. The Balaban J connectivity index is 0.00000116. The molecule has 0 atom stereocenters. The van der Waals surface area contributed by atoms with E-state index in [9.17, 15) is 22.8 Å². The van der Waals surface area contributed by atoms with Crippen molar-refractivity contribution in [2.45, 2.75) is 25.4 Å². The van der Waals surface area contributed by atoms with Crippen molar-refractivity contribution in [2.24, 2.45) is 10.9 Å². The first-order valence-electron chi connectivity index (χ1n) is 10.4. The van der Waals surface area contributed by atoms with Crippen LogP contribution in [0.2, 0.25) is 0 Å². The summed E-state index contributed by atoms with van der Waals surface area (Å²) in [6.45, 7) is -5.23. The number of ether oxygens (including phenoxy) is 1. The van der Waals surface area contributed by atoms with Crippen molar-refractivity contribution >= 4 is 17.7 Å². The highest BCUT2D eigenvalue weighted by molar-refractivity contribution is 6.00. The van der Waals surface area contributed by atoms with E-state index in [0.29, 0.717) is 37.2 Å². The molecule has 11 heteroatoms. The minimum atomic E-state index is -4.47. The molecule has 0 aliphatic rings. The second-order valence-corrected chi connectivity index (χ2v) is 5.41. The van der Waals surface area contributed by atoms with Crippen LogP contribution in [-0.4, -0.2) is 54.6 Å². The van der Waals surface area contributed by atoms with Crippen molar-refractivity contribution < 1.29 is 48.0 Å². The van der Waals surface area contributed by atoms with E-state index in [1.807, 2.05) is 0 Å². The lowest BCUT2D eigenvalue weighted by Gasteiger charge is -2.10. The normalized spacial score (nSPS) is 14.6. The quantitative estimate of drug-likeness (QED) is 0.209. The second-order valence-electron chi connectivity index (χ2n) is 5.41. The Labute approximate surface area is 177 Å². The highest BCUT2D eigenvalue weighted by atomic mass is 19.4. The number of unbranched alkanes of at least 4 members (excludes halogenated alkanes) is 1. The summed E-state index contributed by atoms with van der Waals surface area (Å²) in [4.78, 5) is 23.7. The fourth-order valence-corrected chi connectivity index (χ4v) is 1.88. The van der Waals surface area contributed by atoms with Crippen molar-refractivity contribution in [2.75, 3.05) is 26.8 Å². The molecule has 1 aromatic carbocycles. The van der Waals surface area contributed by atoms with Gasteiger partial charge in [0, 0.05) is 35.1 Å². The number of nitrogens with zero attached hydrogens (tertiary/aromatic N) is 1. The number of methoxy groups -OCH3 is 1. The predicted molar refractivity (Wildman–Crippen MR) is 103 cm³/mol. The zero-order valence-electron chi connectivity index (χ0n) is 20.0. The third-order valence-corrected chi connectivity index (χ3v) is 3.19. The maximum absolute atomic E-state index is 12.7. The molecule has 0 saturated heterocycles. The first-order valence-corrected chi connectivity index (χ1v) is 8.35. The molecular weight excluding hydrogens is 409 g/mol. The lowest BCUT2D eigenvalue weighted by Crippen LogP contribution is -2.09. The van der Waals surface area contributed by atoms with E-state index < -0.39 is 36.7 Å². The van der Waals surface area contributed by atoms with Gasteiger partial charge in [-0.3, -0.25) is 0 Å². The molecule has 0 bridgehead atoms. The Kier molecular flexibility index (Phi) is 10.2. The zero-order chi connectivity index (χ0) is 26.6. The molecule has 0 spiro atoms. The number of halogens is 3. The highest BCUT2D eigenvalue weighted by Gasteiger charge is 2.30. The molecule has 0 unspecified atom stereocenters. The van der Waals surface area contributed by atoms with Gasteiger partial charge in [-0.15, -0.1) is 0 Å². The molecule has 0 fully saturated rings. The van der Waals surface area contributed by atoms with Crippen molar-refractivity contribution in [3.05, 3.63) is 47.5 Å². The molecule has 0 aromatic heterocycles. The first-order chi connectivity index (χ1) is 15.5. The summed E-state index contributed by atoms with van der Waals surface area (Å²) in [7, 11) is 1.53. The standard InChI is InChI=1S/C15H21F3N2O2.C4H4O4/c1-21-10-3-2-4-14(20-22-11-9-19)12-5-7-13(8-6-12)15(16,17)18;5-3(6)1-2-4(7)8/h5-8H,2-4,9-11,19H2,1H3;1-2H,(H,5,6)(H,7,8)/b20-14+;2-1+/i9D2,11D2;. The summed E-state index contributed by atoms with van der Waals surface area (Å²) >= 11 is 0. The number of benzene rings is 1. The average Bonchev–Trinajstić information content (AvgIpc) is 2.71. The number of hydrogen-bond acceptors (Lipinski definition) is 6. The fourth-order valence-electron chi connectivity index (χ4n) is 1.88. The van der Waals surface area contributed by atoms with Crippen LogP contribution < -0.4 is 5.73 Å². The zero-order valence-corrected chi connectivity index (χ0v) is 16.0. The average molecular weight is 438 g/mol. The fraction of sp³-hybridized carbons (Fsp3) is 0.421. The number of carbonyl (C=O) groups is 2. The van der Waals surface area contributed by atoms with Gasteiger partial charge >= 0.3 is 18.1 Å². The molecule has 0 saturated carbocycles. The van der Waals surface area contributed by atoms with Gasteiger partial charge in [0.25, 0.3) is 0 Å². The number of aliphatic carboxylic acids is 2. The van der Waals surface area contributed by atoms with Gasteiger partial charge in [-0.1, -0.05) is 17.3 Å². The Bertz CT molecular complexity index is 841. The van der Waals surface area contributed by atoms with Crippen LogP contribution in [0.1, 0.15) is 35.9 Å². The van der Waals surface area contributed by atoms with Crippen molar-refractivity contribution in [1.82, 2.24) is 0 Å². The Morgan fingerprint density at radius 1 is 1.17 bits per heavy atom. The molecule has 0 aliphatic heterocycles. The van der Waals surface area contributed by atoms with Crippen LogP contribution in [-0.2, 0) is 25.3 Å². The third kappa shape index (κ3) is 13.3. The maximum Gasteiger partial charge on any atom is 0.416 e. The van der Waals surface area contributed by atoms with Crippen molar-refractivity contribution in [3.63, 3.8) is 0 Å².